The first-order valence-corrected chi connectivity index (χ1v) is 9.58. The molecule has 2 aliphatic rings. The summed E-state index contributed by atoms with van der Waals surface area (Å²) in [6.45, 7) is 0.610. The fourth-order valence-corrected chi connectivity index (χ4v) is 5.07. The molecular formula is C16H19Br2ClO2. The van der Waals surface area contributed by atoms with Crippen molar-refractivity contribution in [1.82, 2.24) is 0 Å². The zero-order valence-corrected chi connectivity index (χ0v) is 15.8. The van der Waals surface area contributed by atoms with E-state index in [1.54, 1.807) is 0 Å². The monoisotopic (exact) mass is 436 g/mol. The van der Waals surface area contributed by atoms with Crippen molar-refractivity contribution in [3.8, 4) is 5.75 Å². The molecule has 1 atom stereocenters. The zero-order chi connectivity index (χ0) is 14.9. The van der Waals surface area contributed by atoms with E-state index in [2.05, 4.69) is 31.9 Å². The minimum Gasteiger partial charge on any atom is -0.489 e. The van der Waals surface area contributed by atoms with E-state index in [0.717, 1.165) is 26.7 Å². The Hall–Kier alpha value is 0.230. The first-order valence-electron chi connectivity index (χ1n) is 7.46. The van der Waals surface area contributed by atoms with E-state index in [9.17, 15) is 0 Å². The van der Waals surface area contributed by atoms with Crippen molar-refractivity contribution < 1.29 is 9.47 Å². The standard InChI is InChI=1S/C16H19Br2ClO2/c17-13-7-11(9-19)8-14(18)15(13)20-10-12-3-6-16(21-12)4-1-2-5-16/h7-8,12H,1-6,9-10H2. The van der Waals surface area contributed by atoms with Gasteiger partial charge in [0, 0.05) is 5.88 Å². The van der Waals surface area contributed by atoms with Gasteiger partial charge in [-0.25, -0.2) is 0 Å². The highest BCUT2D eigenvalue weighted by atomic mass is 79.9. The van der Waals surface area contributed by atoms with Crippen molar-refractivity contribution in [3.63, 3.8) is 0 Å². The second-order valence-electron chi connectivity index (χ2n) is 6.00. The van der Waals surface area contributed by atoms with Gasteiger partial charge in [0.25, 0.3) is 0 Å². The lowest BCUT2D eigenvalue weighted by Gasteiger charge is -2.24. The number of halogens is 3. The van der Waals surface area contributed by atoms with Gasteiger partial charge in [-0.3, -0.25) is 0 Å². The highest BCUT2D eigenvalue weighted by Crippen LogP contribution is 2.43. The quantitative estimate of drug-likeness (QED) is 0.552. The number of ether oxygens (including phenoxy) is 2. The van der Waals surface area contributed by atoms with Crippen LogP contribution in [0.5, 0.6) is 5.75 Å². The molecule has 0 amide bonds. The Morgan fingerprint density at radius 1 is 1.19 bits per heavy atom. The Kier molecular flexibility index (Phi) is 5.19. The summed E-state index contributed by atoms with van der Waals surface area (Å²) in [6, 6.07) is 4.00. The van der Waals surface area contributed by atoms with E-state index in [4.69, 9.17) is 21.1 Å². The lowest BCUT2D eigenvalue weighted by atomic mass is 9.98. The molecule has 1 aromatic rings. The van der Waals surface area contributed by atoms with Gasteiger partial charge < -0.3 is 9.47 Å². The summed E-state index contributed by atoms with van der Waals surface area (Å²) in [4.78, 5) is 0. The van der Waals surface area contributed by atoms with Crippen molar-refractivity contribution in [2.75, 3.05) is 6.61 Å². The third kappa shape index (κ3) is 3.60. The molecule has 1 spiro atoms. The van der Waals surface area contributed by atoms with Gasteiger partial charge in [0.2, 0.25) is 0 Å². The maximum absolute atomic E-state index is 6.28. The van der Waals surface area contributed by atoms with Crippen LogP contribution >= 0.6 is 43.5 Å². The van der Waals surface area contributed by atoms with E-state index in [0.29, 0.717) is 12.5 Å². The third-order valence-corrected chi connectivity index (χ3v) is 5.97. The molecule has 0 bridgehead atoms. The van der Waals surface area contributed by atoms with Crippen LogP contribution in [0.3, 0.4) is 0 Å². The van der Waals surface area contributed by atoms with Crippen LogP contribution in [0, 0.1) is 0 Å². The molecule has 1 aliphatic carbocycles. The Morgan fingerprint density at radius 3 is 2.48 bits per heavy atom. The van der Waals surface area contributed by atoms with Gasteiger partial charge in [0.15, 0.2) is 0 Å². The van der Waals surface area contributed by atoms with Crippen LogP contribution in [0.25, 0.3) is 0 Å². The maximum Gasteiger partial charge on any atom is 0.147 e. The molecule has 1 aromatic carbocycles. The smallest absolute Gasteiger partial charge is 0.147 e. The predicted octanol–water partition coefficient (Wildman–Crippen LogP) is 5.82. The SMILES string of the molecule is ClCc1cc(Br)c(OCC2CCC3(CCCC3)O2)c(Br)c1. The molecule has 0 N–H and O–H groups in total. The van der Waals surface area contributed by atoms with Gasteiger partial charge in [0.05, 0.1) is 20.7 Å². The summed E-state index contributed by atoms with van der Waals surface area (Å²) in [5.41, 5.74) is 1.23. The first kappa shape index (κ1) is 16.1. The second-order valence-corrected chi connectivity index (χ2v) is 7.98. The molecule has 5 heteroatoms. The van der Waals surface area contributed by atoms with Crippen molar-refractivity contribution in [2.45, 2.75) is 56.1 Å². The first-order chi connectivity index (χ1) is 10.1. The van der Waals surface area contributed by atoms with Crippen LogP contribution in [0.2, 0.25) is 0 Å². The third-order valence-electron chi connectivity index (χ3n) is 4.48. The summed E-state index contributed by atoms with van der Waals surface area (Å²) >= 11 is 13.0. The van der Waals surface area contributed by atoms with Crippen molar-refractivity contribution in [3.05, 3.63) is 26.6 Å². The molecule has 2 nitrogen and oxygen atoms in total. The average Bonchev–Trinajstić information content (AvgIpc) is 3.08. The zero-order valence-electron chi connectivity index (χ0n) is 11.8. The van der Waals surface area contributed by atoms with Crippen molar-refractivity contribution in [1.29, 1.82) is 0 Å². The maximum atomic E-state index is 6.28. The molecule has 21 heavy (non-hydrogen) atoms. The fraction of sp³-hybridized carbons (Fsp3) is 0.625. The van der Waals surface area contributed by atoms with Crippen LogP contribution in [0.15, 0.2) is 21.1 Å². The number of benzene rings is 1. The lowest BCUT2D eigenvalue weighted by molar-refractivity contribution is -0.0510. The van der Waals surface area contributed by atoms with Gasteiger partial charge >= 0.3 is 0 Å². The summed E-state index contributed by atoms with van der Waals surface area (Å²) in [5, 5.41) is 0. The van der Waals surface area contributed by atoms with Gasteiger partial charge in [-0.05, 0) is 75.2 Å². The molecule has 1 heterocycles. The van der Waals surface area contributed by atoms with Crippen LogP contribution in [0.1, 0.15) is 44.1 Å². The highest BCUT2D eigenvalue weighted by Gasteiger charge is 2.42. The summed E-state index contributed by atoms with van der Waals surface area (Å²) in [6.07, 6.45) is 7.58. The topological polar surface area (TPSA) is 18.5 Å². The van der Waals surface area contributed by atoms with E-state index in [1.165, 1.54) is 32.1 Å². The minimum absolute atomic E-state index is 0.172. The molecule has 0 radical (unpaired) electrons. The molecule has 1 aliphatic heterocycles. The molecule has 116 valence electrons. The number of rotatable bonds is 4. The highest BCUT2D eigenvalue weighted by molar-refractivity contribution is 9.11. The fourth-order valence-electron chi connectivity index (χ4n) is 3.40. The van der Waals surface area contributed by atoms with E-state index < -0.39 is 0 Å². The number of hydrogen-bond donors (Lipinski definition) is 0. The predicted molar refractivity (Wildman–Crippen MR) is 92.2 cm³/mol. The Balaban J connectivity index is 1.61. The van der Waals surface area contributed by atoms with E-state index >= 15 is 0 Å². The molecular weight excluding hydrogens is 419 g/mol. The Morgan fingerprint density at radius 2 is 1.86 bits per heavy atom. The molecule has 2 fully saturated rings. The largest absolute Gasteiger partial charge is 0.489 e. The van der Waals surface area contributed by atoms with Crippen molar-refractivity contribution >= 4 is 43.5 Å². The molecule has 3 rings (SSSR count). The van der Waals surface area contributed by atoms with Gasteiger partial charge in [-0.2, -0.15) is 0 Å². The van der Waals surface area contributed by atoms with Crippen molar-refractivity contribution in [2.24, 2.45) is 0 Å². The summed E-state index contributed by atoms with van der Waals surface area (Å²) in [5.74, 6) is 1.32. The van der Waals surface area contributed by atoms with Crippen LogP contribution in [0.4, 0.5) is 0 Å². The average molecular weight is 439 g/mol. The molecule has 1 saturated carbocycles. The van der Waals surface area contributed by atoms with Gasteiger partial charge in [-0.1, -0.05) is 12.8 Å². The number of hydrogen-bond acceptors (Lipinski definition) is 2. The van der Waals surface area contributed by atoms with Crippen LogP contribution in [-0.2, 0) is 10.6 Å². The van der Waals surface area contributed by atoms with Crippen LogP contribution in [-0.4, -0.2) is 18.3 Å². The molecule has 1 saturated heterocycles. The lowest BCUT2D eigenvalue weighted by Crippen LogP contribution is -2.27. The van der Waals surface area contributed by atoms with E-state index in [-0.39, 0.29) is 11.7 Å². The Bertz CT molecular complexity index is 492. The Labute approximate surface area is 147 Å². The normalized spacial score (nSPS) is 23.9. The van der Waals surface area contributed by atoms with Gasteiger partial charge in [-0.15, -0.1) is 11.6 Å². The summed E-state index contributed by atoms with van der Waals surface area (Å²) in [7, 11) is 0. The van der Waals surface area contributed by atoms with E-state index in [1.807, 2.05) is 12.1 Å². The van der Waals surface area contributed by atoms with Crippen LogP contribution < -0.4 is 4.74 Å². The van der Waals surface area contributed by atoms with Gasteiger partial charge in [0.1, 0.15) is 12.4 Å². The molecule has 1 unspecified atom stereocenters. The second kappa shape index (κ2) is 6.77. The minimum atomic E-state index is 0.172. The molecule has 0 aromatic heterocycles. The number of alkyl halides is 1. The summed E-state index contributed by atoms with van der Waals surface area (Å²) < 4.78 is 14.1.